The minimum atomic E-state index is 0.574. The number of hydrogen-bond acceptors (Lipinski definition) is 2. The van der Waals surface area contributed by atoms with E-state index >= 15 is 0 Å². The molecular formula is C9H7S2. The smallest absolute Gasteiger partial charge is 0.0834 e. The van der Waals surface area contributed by atoms with Gasteiger partial charge in [-0.15, -0.1) is 23.5 Å². The lowest BCUT2D eigenvalue weighted by atomic mass is 10.2. The fourth-order valence-corrected chi connectivity index (χ4v) is 3.02. The van der Waals surface area contributed by atoms with E-state index in [1.54, 1.807) is 0 Å². The summed E-state index contributed by atoms with van der Waals surface area (Å²) in [6.45, 7) is 0. The van der Waals surface area contributed by atoms with Crippen LogP contribution in [0.5, 0.6) is 0 Å². The third-order valence-corrected chi connectivity index (χ3v) is 3.94. The van der Waals surface area contributed by atoms with Crippen LogP contribution in [0.25, 0.3) is 0 Å². The Morgan fingerprint density at radius 1 is 1.09 bits per heavy atom. The normalized spacial score (nSPS) is 17.5. The standard InChI is InChI=1S/C9H7S2/c1-2-4-8(5-3-1)9-10-6-7-11-9/h2-7,9H. The number of thioether (sulfide) groups is 2. The van der Waals surface area contributed by atoms with Crippen LogP contribution in [0.3, 0.4) is 0 Å². The summed E-state index contributed by atoms with van der Waals surface area (Å²) in [5, 5.41) is 4.29. The molecule has 0 aromatic heterocycles. The van der Waals surface area contributed by atoms with E-state index in [-0.39, 0.29) is 0 Å². The van der Waals surface area contributed by atoms with Gasteiger partial charge in [0.2, 0.25) is 0 Å². The minimum Gasteiger partial charge on any atom is -0.114 e. The van der Waals surface area contributed by atoms with Crippen LogP contribution in [-0.2, 0) is 0 Å². The molecule has 0 fully saturated rings. The Bertz CT molecular complexity index is 246. The maximum absolute atomic E-state index is 3.02. The summed E-state index contributed by atoms with van der Waals surface area (Å²) in [5.74, 6) is 0. The molecule has 1 aliphatic rings. The zero-order chi connectivity index (χ0) is 7.52. The Morgan fingerprint density at radius 2 is 1.73 bits per heavy atom. The highest BCUT2D eigenvalue weighted by molar-refractivity contribution is 8.21. The fourth-order valence-electron chi connectivity index (χ4n) is 0.953. The van der Waals surface area contributed by atoms with Gasteiger partial charge in [-0.25, -0.2) is 0 Å². The van der Waals surface area contributed by atoms with E-state index in [0.29, 0.717) is 4.58 Å². The van der Waals surface area contributed by atoms with Crippen molar-refractivity contribution in [2.75, 3.05) is 0 Å². The van der Waals surface area contributed by atoms with Crippen molar-refractivity contribution in [3.05, 3.63) is 46.7 Å². The summed E-state index contributed by atoms with van der Waals surface area (Å²) in [6, 6.07) is 11.2. The van der Waals surface area contributed by atoms with Crippen molar-refractivity contribution < 1.29 is 0 Å². The van der Waals surface area contributed by atoms with E-state index in [1.807, 2.05) is 35.7 Å². The maximum atomic E-state index is 3.02. The second-order valence-corrected chi connectivity index (χ2v) is 4.54. The lowest BCUT2D eigenvalue weighted by Gasteiger charge is -2.06. The first-order chi connectivity index (χ1) is 5.47. The average Bonchev–Trinajstić information content (AvgIpc) is 2.58. The molecule has 1 aliphatic heterocycles. The monoisotopic (exact) mass is 179 g/mol. The topological polar surface area (TPSA) is 0 Å². The molecule has 0 spiro atoms. The van der Waals surface area contributed by atoms with Crippen molar-refractivity contribution in [1.82, 2.24) is 0 Å². The predicted octanol–water partition coefficient (Wildman–Crippen LogP) is 3.44. The van der Waals surface area contributed by atoms with E-state index in [1.165, 1.54) is 5.56 Å². The van der Waals surface area contributed by atoms with Crippen LogP contribution in [0.15, 0.2) is 35.1 Å². The molecule has 0 aliphatic carbocycles. The molecule has 11 heavy (non-hydrogen) atoms. The summed E-state index contributed by atoms with van der Waals surface area (Å²) in [4.78, 5) is 0. The van der Waals surface area contributed by atoms with Gasteiger partial charge in [0.25, 0.3) is 0 Å². The van der Waals surface area contributed by atoms with Gasteiger partial charge < -0.3 is 0 Å². The van der Waals surface area contributed by atoms with Crippen LogP contribution in [0, 0.1) is 6.07 Å². The molecule has 0 saturated carbocycles. The highest BCUT2D eigenvalue weighted by atomic mass is 32.2. The van der Waals surface area contributed by atoms with Crippen molar-refractivity contribution >= 4 is 23.5 Å². The average molecular weight is 179 g/mol. The van der Waals surface area contributed by atoms with Crippen LogP contribution in [0.1, 0.15) is 10.1 Å². The number of benzene rings is 1. The van der Waals surface area contributed by atoms with Gasteiger partial charge in [0, 0.05) is 0 Å². The third kappa shape index (κ3) is 1.63. The van der Waals surface area contributed by atoms with E-state index in [2.05, 4.69) is 29.0 Å². The van der Waals surface area contributed by atoms with Crippen LogP contribution in [0.2, 0.25) is 0 Å². The second kappa shape index (κ2) is 3.37. The van der Waals surface area contributed by atoms with Crippen molar-refractivity contribution in [3.8, 4) is 0 Å². The first-order valence-corrected chi connectivity index (χ1v) is 5.27. The van der Waals surface area contributed by atoms with Gasteiger partial charge in [-0.05, 0) is 22.4 Å². The number of rotatable bonds is 1. The molecule has 0 atom stereocenters. The molecule has 0 saturated heterocycles. The maximum Gasteiger partial charge on any atom is 0.0834 e. The molecule has 1 aromatic rings. The van der Waals surface area contributed by atoms with Crippen LogP contribution < -0.4 is 0 Å². The largest absolute Gasteiger partial charge is 0.114 e. The molecule has 0 N–H and O–H groups in total. The Kier molecular flexibility index (Phi) is 2.24. The van der Waals surface area contributed by atoms with Crippen LogP contribution >= 0.6 is 23.5 Å². The summed E-state index contributed by atoms with van der Waals surface area (Å²) in [7, 11) is 0. The zero-order valence-electron chi connectivity index (χ0n) is 5.86. The third-order valence-electron chi connectivity index (χ3n) is 1.48. The van der Waals surface area contributed by atoms with Gasteiger partial charge >= 0.3 is 0 Å². The Labute approximate surface area is 75.1 Å². The highest BCUT2D eigenvalue weighted by Gasteiger charge is 2.12. The molecular weight excluding hydrogens is 172 g/mol. The molecule has 0 unspecified atom stereocenters. The van der Waals surface area contributed by atoms with E-state index in [4.69, 9.17) is 0 Å². The highest BCUT2D eigenvalue weighted by Crippen LogP contribution is 2.45. The molecule has 0 bridgehead atoms. The number of hydrogen-bond donors (Lipinski definition) is 0. The second-order valence-electron chi connectivity index (χ2n) is 2.21. The van der Waals surface area contributed by atoms with Gasteiger partial charge in [0.05, 0.1) is 4.58 Å². The van der Waals surface area contributed by atoms with E-state index in [0.717, 1.165) is 0 Å². The summed E-state index contributed by atoms with van der Waals surface area (Å²) < 4.78 is 0.574. The Morgan fingerprint density at radius 3 is 2.36 bits per heavy atom. The molecule has 2 heteroatoms. The van der Waals surface area contributed by atoms with Gasteiger partial charge in [-0.3, -0.25) is 0 Å². The van der Waals surface area contributed by atoms with Gasteiger partial charge in [-0.2, -0.15) is 0 Å². The molecule has 1 aromatic carbocycles. The SMILES string of the molecule is [c]1ccc(C2SC=CS2)cc1. The van der Waals surface area contributed by atoms with Crippen molar-refractivity contribution in [1.29, 1.82) is 0 Å². The lowest BCUT2D eigenvalue weighted by molar-refractivity contribution is 1.39. The van der Waals surface area contributed by atoms with Crippen LogP contribution in [0.4, 0.5) is 0 Å². The van der Waals surface area contributed by atoms with E-state index < -0.39 is 0 Å². The van der Waals surface area contributed by atoms with Crippen molar-refractivity contribution in [2.24, 2.45) is 0 Å². The van der Waals surface area contributed by atoms with E-state index in [9.17, 15) is 0 Å². The molecule has 2 rings (SSSR count). The Hall–Kier alpha value is -0.340. The van der Waals surface area contributed by atoms with Gasteiger partial charge in [-0.1, -0.05) is 24.3 Å². The van der Waals surface area contributed by atoms with Crippen molar-refractivity contribution in [2.45, 2.75) is 4.58 Å². The summed E-state index contributed by atoms with van der Waals surface area (Å²) in [5.41, 5.74) is 1.38. The lowest BCUT2D eigenvalue weighted by Crippen LogP contribution is -1.81. The minimum absolute atomic E-state index is 0.574. The zero-order valence-corrected chi connectivity index (χ0v) is 7.49. The van der Waals surface area contributed by atoms with Crippen LogP contribution in [-0.4, -0.2) is 0 Å². The first kappa shape index (κ1) is 7.32. The van der Waals surface area contributed by atoms with Gasteiger partial charge in [0.1, 0.15) is 0 Å². The molecule has 0 amide bonds. The molecule has 1 heterocycles. The quantitative estimate of drug-likeness (QED) is 0.647. The van der Waals surface area contributed by atoms with Crippen molar-refractivity contribution in [3.63, 3.8) is 0 Å². The first-order valence-electron chi connectivity index (χ1n) is 3.39. The molecule has 1 radical (unpaired) electrons. The predicted molar refractivity (Wildman–Crippen MR) is 52.3 cm³/mol. The molecule has 0 nitrogen and oxygen atoms in total. The fraction of sp³-hybridized carbons (Fsp3) is 0.111. The molecule has 55 valence electrons. The van der Waals surface area contributed by atoms with Gasteiger partial charge in [0.15, 0.2) is 0 Å². The summed E-state index contributed by atoms with van der Waals surface area (Å²) in [6.07, 6.45) is 0. The Balaban J connectivity index is 2.17. The summed E-state index contributed by atoms with van der Waals surface area (Å²) >= 11 is 3.73.